The molecule has 2 aromatic carbocycles. The van der Waals surface area contributed by atoms with E-state index in [0.717, 1.165) is 10.1 Å². The number of esters is 1. The lowest BCUT2D eigenvalue weighted by Gasteiger charge is -2.08. The van der Waals surface area contributed by atoms with Crippen molar-refractivity contribution in [2.75, 3.05) is 6.61 Å². The number of nitrogens with one attached hydrogen (secondary N) is 1. The number of carbonyl (C=O) groups excluding carboxylic acids is 1. The van der Waals surface area contributed by atoms with Crippen molar-refractivity contribution in [3.63, 3.8) is 0 Å². The molecule has 0 bridgehead atoms. The second-order valence-electron chi connectivity index (χ2n) is 5.34. The quantitative estimate of drug-likeness (QED) is 0.749. The van der Waals surface area contributed by atoms with Crippen LogP contribution in [0.4, 0.5) is 0 Å². The molecule has 0 saturated carbocycles. The summed E-state index contributed by atoms with van der Waals surface area (Å²) in [6.45, 7) is 3.84. The number of H-pyrrole nitrogens is 1. The Hall–Kier alpha value is -3.15. The van der Waals surface area contributed by atoms with Crippen molar-refractivity contribution in [3.05, 3.63) is 74.4 Å². The maximum absolute atomic E-state index is 12.7. The number of aryl methyl sites for hydroxylation is 1. The predicted octanol–water partition coefficient (Wildman–Crippen LogP) is 2.16. The predicted molar refractivity (Wildman–Crippen MR) is 90.9 cm³/mol. The molecule has 0 unspecified atom stereocenters. The van der Waals surface area contributed by atoms with Crippen LogP contribution in [0, 0.1) is 6.92 Å². The molecule has 3 aromatic rings. The number of aromatic nitrogens is 2. The van der Waals surface area contributed by atoms with Crippen LogP contribution in [0.1, 0.15) is 22.8 Å². The van der Waals surface area contributed by atoms with Gasteiger partial charge in [-0.1, -0.05) is 12.1 Å². The molecule has 0 amide bonds. The topological polar surface area (TPSA) is 81.2 Å². The monoisotopic (exact) mass is 324 g/mol. The van der Waals surface area contributed by atoms with Crippen LogP contribution in [0.3, 0.4) is 0 Å². The number of aromatic amines is 1. The molecule has 6 heteroatoms. The minimum absolute atomic E-state index is 0.281. The van der Waals surface area contributed by atoms with Gasteiger partial charge in [0.2, 0.25) is 0 Å². The number of para-hydroxylation sites is 1. The van der Waals surface area contributed by atoms with Gasteiger partial charge in [0, 0.05) is 0 Å². The van der Waals surface area contributed by atoms with E-state index < -0.39 is 17.2 Å². The fraction of sp³-hybridized carbons (Fsp3) is 0.167. The minimum Gasteiger partial charge on any atom is -0.462 e. The van der Waals surface area contributed by atoms with Crippen LogP contribution in [0.25, 0.3) is 16.6 Å². The Kier molecular flexibility index (Phi) is 4.04. The number of ether oxygens (including phenoxy) is 1. The highest BCUT2D eigenvalue weighted by Gasteiger charge is 2.12. The number of nitrogens with zero attached hydrogens (tertiary/aromatic N) is 1. The molecule has 24 heavy (non-hydrogen) atoms. The Morgan fingerprint density at radius 1 is 1.12 bits per heavy atom. The summed E-state index contributed by atoms with van der Waals surface area (Å²) in [5.74, 6) is -0.445. The first-order valence-corrected chi connectivity index (χ1v) is 7.55. The first-order valence-electron chi connectivity index (χ1n) is 7.55. The van der Waals surface area contributed by atoms with Gasteiger partial charge in [-0.25, -0.2) is 14.2 Å². The number of hydrogen-bond acceptors (Lipinski definition) is 4. The summed E-state index contributed by atoms with van der Waals surface area (Å²) in [6.07, 6.45) is 0. The van der Waals surface area contributed by atoms with Gasteiger partial charge in [-0.2, -0.15) is 0 Å². The molecule has 1 heterocycles. The summed E-state index contributed by atoms with van der Waals surface area (Å²) in [6, 6.07) is 11.4. The summed E-state index contributed by atoms with van der Waals surface area (Å²) in [7, 11) is 0. The summed E-state index contributed by atoms with van der Waals surface area (Å²) in [4.78, 5) is 39.4. The third-order valence-electron chi connectivity index (χ3n) is 3.78. The van der Waals surface area contributed by atoms with E-state index in [-0.39, 0.29) is 6.61 Å². The second-order valence-corrected chi connectivity index (χ2v) is 5.34. The van der Waals surface area contributed by atoms with Gasteiger partial charge < -0.3 is 9.72 Å². The Bertz CT molecular complexity index is 1030. The SMILES string of the molecule is CCOC(=O)c1ccc(-n2c(=O)[nH]c3c(C)cccc3c2=O)cc1. The Labute approximate surface area is 137 Å². The summed E-state index contributed by atoms with van der Waals surface area (Å²) < 4.78 is 5.97. The van der Waals surface area contributed by atoms with Gasteiger partial charge in [0.15, 0.2) is 0 Å². The second kappa shape index (κ2) is 6.16. The first-order chi connectivity index (χ1) is 11.5. The molecule has 122 valence electrons. The van der Waals surface area contributed by atoms with Crippen LogP contribution >= 0.6 is 0 Å². The van der Waals surface area contributed by atoms with E-state index in [1.54, 1.807) is 31.2 Å². The Morgan fingerprint density at radius 3 is 2.50 bits per heavy atom. The van der Waals surface area contributed by atoms with Gasteiger partial charge >= 0.3 is 11.7 Å². The highest BCUT2D eigenvalue weighted by Crippen LogP contribution is 2.12. The van der Waals surface area contributed by atoms with E-state index in [2.05, 4.69) is 4.98 Å². The lowest BCUT2D eigenvalue weighted by molar-refractivity contribution is 0.0526. The van der Waals surface area contributed by atoms with Crippen molar-refractivity contribution >= 4 is 16.9 Å². The zero-order valence-electron chi connectivity index (χ0n) is 13.3. The molecule has 0 aliphatic carbocycles. The maximum atomic E-state index is 12.7. The van der Waals surface area contributed by atoms with E-state index in [1.165, 1.54) is 12.1 Å². The lowest BCUT2D eigenvalue weighted by atomic mass is 10.1. The van der Waals surface area contributed by atoms with Gasteiger partial charge in [-0.05, 0) is 49.7 Å². The van der Waals surface area contributed by atoms with Crippen molar-refractivity contribution in [1.29, 1.82) is 0 Å². The van der Waals surface area contributed by atoms with Gasteiger partial charge in [-0.15, -0.1) is 0 Å². The summed E-state index contributed by atoms with van der Waals surface area (Å²) in [5.41, 5.74) is 1.19. The largest absolute Gasteiger partial charge is 0.462 e. The molecule has 3 rings (SSSR count). The van der Waals surface area contributed by atoms with E-state index in [9.17, 15) is 14.4 Å². The van der Waals surface area contributed by atoms with Crippen molar-refractivity contribution in [1.82, 2.24) is 9.55 Å². The van der Waals surface area contributed by atoms with Gasteiger partial charge in [0.05, 0.1) is 28.8 Å². The number of rotatable bonds is 3. The number of carbonyl (C=O) groups is 1. The van der Waals surface area contributed by atoms with Gasteiger partial charge in [-0.3, -0.25) is 4.79 Å². The van der Waals surface area contributed by atoms with Crippen LogP contribution in [-0.4, -0.2) is 22.1 Å². The summed E-state index contributed by atoms with van der Waals surface area (Å²) >= 11 is 0. The Balaban J connectivity index is 2.15. The molecule has 1 aromatic heterocycles. The van der Waals surface area contributed by atoms with Crippen molar-refractivity contribution < 1.29 is 9.53 Å². The zero-order valence-corrected chi connectivity index (χ0v) is 13.3. The lowest BCUT2D eigenvalue weighted by Crippen LogP contribution is -2.33. The Morgan fingerprint density at radius 2 is 1.83 bits per heavy atom. The average molecular weight is 324 g/mol. The minimum atomic E-state index is -0.523. The molecule has 0 fully saturated rings. The number of hydrogen-bond donors (Lipinski definition) is 1. The molecule has 6 nitrogen and oxygen atoms in total. The van der Waals surface area contributed by atoms with Crippen LogP contribution < -0.4 is 11.2 Å². The zero-order chi connectivity index (χ0) is 17.3. The molecule has 0 atom stereocenters. The molecule has 0 aliphatic rings. The van der Waals surface area contributed by atoms with Crippen LogP contribution in [-0.2, 0) is 4.74 Å². The standard InChI is InChI=1S/C18H16N2O4/c1-3-24-17(22)12-7-9-13(10-8-12)20-16(21)14-6-4-5-11(2)15(14)19-18(20)23/h4-10H,3H2,1-2H3,(H,19,23). The fourth-order valence-corrected chi connectivity index (χ4v) is 2.58. The molecule has 1 N–H and O–H groups in total. The summed E-state index contributed by atoms with van der Waals surface area (Å²) in [5, 5.41) is 0.434. The normalized spacial score (nSPS) is 10.8. The van der Waals surface area contributed by atoms with E-state index in [1.807, 2.05) is 13.0 Å². The van der Waals surface area contributed by atoms with Crippen molar-refractivity contribution in [2.24, 2.45) is 0 Å². The van der Waals surface area contributed by atoms with Crippen molar-refractivity contribution in [3.8, 4) is 5.69 Å². The smallest absolute Gasteiger partial charge is 0.338 e. The van der Waals surface area contributed by atoms with Crippen LogP contribution in [0.2, 0.25) is 0 Å². The molecule has 0 spiro atoms. The molecule has 0 radical (unpaired) electrons. The highest BCUT2D eigenvalue weighted by molar-refractivity contribution is 5.89. The van der Waals surface area contributed by atoms with Crippen LogP contribution in [0.15, 0.2) is 52.1 Å². The van der Waals surface area contributed by atoms with Gasteiger partial charge in [0.1, 0.15) is 0 Å². The maximum Gasteiger partial charge on any atom is 0.338 e. The van der Waals surface area contributed by atoms with Gasteiger partial charge in [0.25, 0.3) is 5.56 Å². The first kappa shape index (κ1) is 15.7. The molecule has 0 aliphatic heterocycles. The third-order valence-corrected chi connectivity index (χ3v) is 3.78. The number of fused-ring (bicyclic) bond motifs is 1. The number of benzene rings is 2. The van der Waals surface area contributed by atoms with Crippen LogP contribution in [0.5, 0.6) is 0 Å². The fourth-order valence-electron chi connectivity index (χ4n) is 2.58. The average Bonchev–Trinajstić information content (AvgIpc) is 2.57. The van der Waals surface area contributed by atoms with Crippen molar-refractivity contribution in [2.45, 2.75) is 13.8 Å². The van der Waals surface area contributed by atoms with E-state index >= 15 is 0 Å². The highest BCUT2D eigenvalue weighted by atomic mass is 16.5. The molecule has 0 saturated heterocycles. The molecular formula is C18H16N2O4. The molecular weight excluding hydrogens is 308 g/mol. The van der Waals surface area contributed by atoms with E-state index in [0.29, 0.717) is 22.2 Å². The third kappa shape index (κ3) is 2.62. The van der Waals surface area contributed by atoms with E-state index in [4.69, 9.17) is 4.74 Å².